The molecule has 0 unspecified atom stereocenters. The second-order valence-corrected chi connectivity index (χ2v) is 4.92. The number of likely N-dealkylation sites (N-methyl/N-ethyl adjacent to an activating group) is 1. The zero-order chi connectivity index (χ0) is 14.9. The van der Waals surface area contributed by atoms with Gasteiger partial charge in [-0.25, -0.2) is 0 Å². The largest absolute Gasteiger partial charge is 0.492 e. The molecule has 0 spiro atoms. The van der Waals surface area contributed by atoms with Gasteiger partial charge in [0.1, 0.15) is 12.4 Å². The summed E-state index contributed by atoms with van der Waals surface area (Å²) in [7, 11) is 0. The number of benzene rings is 1. The minimum Gasteiger partial charge on any atom is -0.492 e. The van der Waals surface area contributed by atoms with Crippen LogP contribution < -0.4 is 10.5 Å². The average molecular weight is 285 g/mol. The molecule has 1 heterocycles. The number of nitrogens with zero attached hydrogens (tertiary/aromatic N) is 2. The fourth-order valence-corrected chi connectivity index (χ4v) is 2.11. The second-order valence-electron chi connectivity index (χ2n) is 4.92. The Morgan fingerprint density at radius 1 is 1.05 bits per heavy atom. The standard InChI is InChI=1S/C17H23N3O/c1-2-20(14-16-7-9-19-10-8-16)11-12-21-17-5-3-15(13-18)4-6-17/h3-10H,2,11-14,18H2,1H3. The van der Waals surface area contributed by atoms with Gasteiger partial charge in [-0.3, -0.25) is 9.88 Å². The topological polar surface area (TPSA) is 51.4 Å². The van der Waals surface area contributed by atoms with E-state index in [2.05, 4.69) is 28.9 Å². The lowest BCUT2D eigenvalue weighted by Gasteiger charge is -2.20. The molecule has 0 fully saturated rings. The molecule has 1 aromatic heterocycles. The van der Waals surface area contributed by atoms with Gasteiger partial charge in [-0.15, -0.1) is 0 Å². The van der Waals surface area contributed by atoms with Crippen molar-refractivity contribution in [3.05, 3.63) is 59.9 Å². The Morgan fingerprint density at radius 3 is 2.38 bits per heavy atom. The summed E-state index contributed by atoms with van der Waals surface area (Å²) in [5.74, 6) is 0.896. The summed E-state index contributed by atoms with van der Waals surface area (Å²) < 4.78 is 5.78. The fraction of sp³-hybridized carbons (Fsp3) is 0.353. The smallest absolute Gasteiger partial charge is 0.119 e. The van der Waals surface area contributed by atoms with Crippen LogP contribution in [0.4, 0.5) is 0 Å². The van der Waals surface area contributed by atoms with Crippen molar-refractivity contribution < 1.29 is 4.74 Å². The molecule has 0 aliphatic carbocycles. The number of nitrogens with two attached hydrogens (primary N) is 1. The van der Waals surface area contributed by atoms with Crippen molar-refractivity contribution in [2.45, 2.75) is 20.0 Å². The molecular formula is C17H23N3O. The van der Waals surface area contributed by atoms with Gasteiger partial charge in [0.05, 0.1) is 0 Å². The molecule has 112 valence electrons. The molecule has 1 aromatic carbocycles. The third-order valence-electron chi connectivity index (χ3n) is 3.44. The summed E-state index contributed by atoms with van der Waals surface area (Å²) >= 11 is 0. The van der Waals surface area contributed by atoms with Crippen LogP contribution in [0.2, 0.25) is 0 Å². The van der Waals surface area contributed by atoms with Crippen molar-refractivity contribution >= 4 is 0 Å². The van der Waals surface area contributed by atoms with Gasteiger partial charge in [0.15, 0.2) is 0 Å². The van der Waals surface area contributed by atoms with Crippen LogP contribution in [0.1, 0.15) is 18.1 Å². The first kappa shape index (κ1) is 15.5. The maximum atomic E-state index is 5.78. The number of ether oxygens (including phenoxy) is 1. The molecule has 0 bridgehead atoms. The Morgan fingerprint density at radius 2 is 1.76 bits per heavy atom. The first-order valence-corrected chi connectivity index (χ1v) is 7.35. The lowest BCUT2D eigenvalue weighted by molar-refractivity contribution is 0.210. The van der Waals surface area contributed by atoms with Gasteiger partial charge < -0.3 is 10.5 Å². The van der Waals surface area contributed by atoms with Gasteiger partial charge in [0, 0.05) is 32.0 Å². The van der Waals surface area contributed by atoms with Crippen molar-refractivity contribution in [1.29, 1.82) is 0 Å². The Hall–Kier alpha value is -1.91. The molecule has 0 atom stereocenters. The van der Waals surface area contributed by atoms with Gasteiger partial charge in [0.2, 0.25) is 0 Å². The van der Waals surface area contributed by atoms with Crippen LogP contribution in [0.15, 0.2) is 48.8 Å². The van der Waals surface area contributed by atoms with Gasteiger partial charge in [0.25, 0.3) is 0 Å². The van der Waals surface area contributed by atoms with E-state index < -0.39 is 0 Å². The van der Waals surface area contributed by atoms with Crippen LogP contribution in [-0.4, -0.2) is 29.6 Å². The number of hydrogen-bond donors (Lipinski definition) is 1. The van der Waals surface area contributed by atoms with E-state index in [-0.39, 0.29) is 0 Å². The van der Waals surface area contributed by atoms with E-state index >= 15 is 0 Å². The Kier molecular flexibility index (Phi) is 6.19. The summed E-state index contributed by atoms with van der Waals surface area (Å²) in [6.45, 7) is 6.23. The lowest BCUT2D eigenvalue weighted by atomic mass is 10.2. The molecule has 2 N–H and O–H groups in total. The van der Waals surface area contributed by atoms with Crippen molar-refractivity contribution in [3.8, 4) is 5.75 Å². The fourth-order valence-electron chi connectivity index (χ4n) is 2.11. The molecule has 0 saturated heterocycles. The number of pyridine rings is 1. The normalized spacial score (nSPS) is 10.8. The highest BCUT2D eigenvalue weighted by atomic mass is 16.5. The molecule has 0 aliphatic rings. The number of hydrogen-bond acceptors (Lipinski definition) is 4. The minimum atomic E-state index is 0.565. The predicted octanol–water partition coefficient (Wildman–Crippen LogP) is 2.44. The monoisotopic (exact) mass is 285 g/mol. The highest BCUT2D eigenvalue weighted by molar-refractivity contribution is 5.27. The molecular weight excluding hydrogens is 262 g/mol. The van der Waals surface area contributed by atoms with Crippen LogP contribution in [0, 0.1) is 0 Å². The van der Waals surface area contributed by atoms with E-state index in [0.717, 1.165) is 30.9 Å². The molecule has 0 saturated carbocycles. The molecule has 4 heteroatoms. The summed E-state index contributed by atoms with van der Waals surface area (Å²) in [5.41, 5.74) is 7.98. The van der Waals surface area contributed by atoms with E-state index in [4.69, 9.17) is 10.5 Å². The molecule has 0 radical (unpaired) electrons. The Bertz CT molecular complexity index is 513. The van der Waals surface area contributed by atoms with Gasteiger partial charge in [-0.2, -0.15) is 0 Å². The van der Waals surface area contributed by atoms with E-state index in [0.29, 0.717) is 13.2 Å². The van der Waals surface area contributed by atoms with Gasteiger partial charge >= 0.3 is 0 Å². The summed E-state index contributed by atoms with van der Waals surface area (Å²) in [6.07, 6.45) is 3.66. The number of rotatable bonds is 8. The van der Waals surface area contributed by atoms with Crippen LogP contribution in [0.25, 0.3) is 0 Å². The summed E-state index contributed by atoms with van der Waals surface area (Å²) in [5, 5.41) is 0. The van der Waals surface area contributed by atoms with Crippen molar-refractivity contribution in [2.75, 3.05) is 19.7 Å². The quantitative estimate of drug-likeness (QED) is 0.809. The Labute approximate surface area is 126 Å². The highest BCUT2D eigenvalue weighted by Crippen LogP contribution is 2.12. The predicted molar refractivity (Wildman–Crippen MR) is 85.0 cm³/mol. The van der Waals surface area contributed by atoms with Crippen molar-refractivity contribution in [3.63, 3.8) is 0 Å². The molecule has 0 aliphatic heterocycles. The summed E-state index contributed by atoms with van der Waals surface area (Å²) in [6, 6.07) is 12.1. The van der Waals surface area contributed by atoms with E-state index in [1.165, 1.54) is 5.56 Å². The molecule has 0 amide bonds. The van der Waals surface area contributed by atoms with Crippen LogP contribution in [0.3, 0.4) is 0 Å². The van der Waals surface area contributed by atoms with Gasteiger partial charge in [-0.1, -0.05) is 19.1 Å². The molecule has 2 rings (SSSR count). The molecule has 4 nitrogen and oxygen atoms in total. The van der Waals surface area contributed by atoms with Crippen molar-refractivity contribution in [2.24, 2.45) is 5.73 Å². The van der Waals surface area contributed by atoms with Crippen LogP contribution in [0.5, 0.6) is 5.75 Å². The zero-order valence-corrected chi connectivity index (χ0v) is 12.5. The van der Waals surface area contributed by atoms with Crippen molar-refractivity contribution in [1.82, 2.24) is 9.88 Å². The first-order chi connectivity index (χ1) is 10.3. The van der Waals surface area contributed by atoms with E-state index in [1.807, 2.05) is 36.7 Å². The lowest BCUT2D eigenvalue weighted by Crippen LogP contribution is -2.27. The number of aromatic nitrogens is 1. The SMILES string of the molecule is CCN(CCOc1ccc(CN)cc1)Cc1ccncc1. The third kappa shape index (κ3) is 5.17. The Balaban J connectivity index is 1.77. The second kappa shape index (κ2) is 8.39. The summed E-state index contributed by atoms with van der Waals surface area (Å²) in [4.78, 5) is 6.39. The highest BCUT2D eigenvalue weighted by Gasteiger charge is 2.04. The van der Waals surface area contributed by atoms with Crippen LogP contribution >= 0.6 is 0 Å². The minimum absolute atomic E-state index is 0.565. The maximum absolute atomic E-state index is 5.78. The third-order valence-corrected chi connectivity index (χ3v) is 3.44. The van der Waals surface area contributed by atoms with Crippen LogP contribution in [-0.2, 0) is 13.1 Å². The zero-order valence-electron chi connectivity index (χ0n) is 12.5. The molecule has 2 aromatic rings. The van der Waals surface area contributed by atoms with E-state index in [9.17, 15) is 0 Å². The van der Waals surface area contributed by atoms with Gasteiger partial charge in [-0.05, 0) is 41.9 Å². The molecule has 21 heavy (non-hydrogen) atoms. The first-order valence-electron chi connectivity index (χ1n) is 7.35. The maximum Gasteiger partial charge on any atom is 0.119 e. The van der Waals surface area contributed by atoms with E-state index in [1.54, 1.807) is 0 Å². The average Bonchev–Trinajstić information content (AvgIpc) is 2.55.